The third-order valence-corrected chi connectivity index (χ3v) is 4.76. The van der Waals surface area contributed by atoms with Crippen molar-refractivity contribution in [2.24, 2.45) is 0 Å². The summed E-state index contributed by atoms with van der Waals surface area (Å²) in [5, 5.41) is 4.29. The number of aryl methyl sites for hydroxylation is 1. The summed E-state index contributed by atoms with van der Waals surface area (Å²) in [4.78, 5) is 17.0. The number of nitrogens with one attached hydrogen (secondary N) is 1. The van der Waals surface area contributed by atoms with Crippen LogP contribution in [0.15, 0.2) is 34.9 Å². The predicted octanol–water partition coefficient (Wildman–Crippen LogP) is 4.88. The number of aromatic nitrogens is 1. The number of nitrogens with two attached hydrogens (primary N) is 1. The predicted molar refractivity (Wildman–Crippen MR) is 94.2 cm³/mol. The van der Waals surface area contributed by atoms with Crippen molar-refractivity contribution < 1.29 is 4.79 Å². The number of carbonyl (C=O) groups excluding carboxylic acids is 1. The lowest BCUT2D eigenvalue weighted by molar-refractivity contribution is 0.103. The third-order valence-electron chi connectivity index (χ3n) is 3.22. The Kier molecular flexibility index (Phi) is 5.21. The molecule has 0 unspecified atom stereocenters. The summed E-state index contributed by atoms with van der Waals surface area (Å²) < 4.78 is 0. The maximum atomic E-state index is 12.4. The van der Waals surface area contributed by atoms with Gasteiger partial charge in [0.2, 0.25) is 5.78 Å². The van der Waals surface area contributed by atoms with Gasteiger partial charge in [-0.05, 0) is 32.4 Å². The second-order valence-electron chi connectivity index (χ2n) is 4.94. The molecular formula is C16H18ClN3OS. The van der Waals surface area contributed by atoms with Gasteiger partial charge in [0.1, 0.15) is 10.7 Å². The molecule has 0 fully saturated rings. The molecule has 0 aliphatic rings. The lowest BCUT2D eigenvalue weighted by Crippen LogP contribution is -2.03. The van der Waals surface area contributed by atoms with Crippen LogP contribution < -0.4 is 11.1 Å². The fraction of sp³-hybridized carbons (Fsp3) is 0.250. The number of hydrogen-bond donors (Lipinski definition) is 2. The molecule has 22 heavy (non-hydrogen) atoms. The summed E-state index contributed by atoms with van der Waals surface area (Å²) in [6.07, 6.45) is 0.617. The normalized spacial score (nSPS) is 12.0. The smallest absolute Gasteiger partial charge is 0.203 e. The van der Waals surface area contributed by atoms with Gasteiger partial charge in [-0.2, -0.15) is 0 Å². The van der Waals surface area contributed by atoms with E-state index >= 15 is 0 Å². The zero-order valence-electron chi connectivity index (χ0n) is 12.7. The molecule has 0 spiro atoms. The first-order valence-electron chi connectivity index (χ1n) is 6.92. The molecule has 6 heteroatoms. The standard InChI is InChI=1S/C16H18ClN3OS/c1-4-12(17)10(3)13(21)14-15(18)20-16(22-14)19-11-7-5-9(2)6-8-11/h5-8H,4,18H2,1-3H3,(H,19,20)/b12-10-. The maximum Gasteiger partial charge on any atom is 0.203 e. The molecule has 0 atom stereocenters. The van der Waals surface area contributed by atoms with E-state index in [1.54, 1.807) is 6.92 Å². The Labute approximate surface area is 139 Å². The van der Waals surface area contributed by atoms with Crippen LogP contribution in [0.25, 0.3) is 0 Å². The Morgan fingerprint density at radius 1 is 1.36 bits per heavy atom. The third kappa shape index (κ3) is 3.67. The molecule has 4 nitrogen and oxygen atoms in total. The van der Waals surface area contributed by atoms with Gasteiger partial charge in [-0.25, -0.2) is 4.98 Å². The Bertz CT molecular complexity index is 719. The highest BCUT2D eigenvalue weighted by Crippen LogP contribution is 2.30. The number of thiazole rings is 1. The van der Waals surface area contributed by atoms with E-state index in [2.05, 4.69) is 10.3 Å². The first-order chi connectivity index (χ1) is 10.4. The summed E-state index contributed by atoms with van der Waals surface area (Å²) in [5.41, 5.74) is 8.46. The molecule has 0 aliphatic carbocycles. The highest BCUT2D eigenvalue weighted by molar-refractivity contribution is 7.18. The van der Waals surface area contributed by atoms with E-state index in [4.69, 9.17) is 17.3 Å². The van der Waals surface area contributed by atoms with Crippen molar-refractivity contribution in [1.29, 1.82) is 0 Å². The first-order valence-corrected chi connectivity index (χ1v) is 8.11. The number of Topliss-reactive ketones (excluding diaryl/α,β-unsaturated/α-hetero) is 1. The second-order valence-corrected chi connectivity index (χ2v) is 6.39. The minimum atomic E-state index is -0.168. The molecule has 3 N–H and O–H groups in total. The van der Waals surface area contributed by atoms with Gasteiger partial charge in [0.05, 0.1) is 0 Å². The largest absolute Gasteiger partial charge is 0.382 e. The fourth-order valence-electron chi connectivity index (χ4n) is 1.87. The van der Waals surface area contributed by atoms with Crippen molar-refractivity contribution in [1.82, 2.24) is 4.98 Å². The van der Waals surface area contributed by atoms with E-state index in [1.807, 2.05) is 38.1 Å². The van der Waals surface area contributed by atoms with Crippen molar-refractivity contribution in [2.75, 3.05) is 11.1 Å². The summed E-state index contributed by atoms with van der Waals surface area (Å²) in [6.45, 7) is 5.63. The highest BCUT2D eigenvalue weighted by Gasteiger charge is 2.19. The van der Waals surface area contributed by atoms with Crippen LogP contribution in [0.2, 0.25) is 0 Å². The zero-order chi connectivity index (χ0) is 16.3. The van der Waals surface area contributed by atoms with Gasteiger partial charge in [0.15, 0.2) is 5.13 Å². The van der Waals surface area contributed by atoms with Gasteiger partial charge in [0.25, 0.3) is 0 Å². The van der Waals surface area contributed by atoms with Crippen LogP contribution in [0, 0.1) is 6.92 Å². The lowest BCUT2D eigenvalue weighted by Gasteiger charge is -2.02. The zero-order valence-corrected chi connectivity index (χ0v) is 14.3. The molecule has 1 aromatic heterocycles. The van der Waals surface area contributed by atoms with E-state index < -0.39 is 0 Å². The molecule has 0 bridgehead atoms. The molecule has 2 rings (SSSR count). The van der Waals surface area contributed by atoms with Crippen molar-refractivity contribution in [3.63, 3.8) is 0 Å². The second kappa shape index (κ2) is 6.94. The van der Waals surface area contributed by atoms with Gasteiger partial charge in [-0.15, -0.1) is 0 Å². The molecule has 0 aliphatic heterocycles. The van der Waals surface area contributed by atoms with Gasteiger partial charge in [-0.1, -0.05) is 47.6 Å². The molecule has 1 aromatic carbocycles. The van der Waals surface area contributed by atoms with Crippen LogP contribution >= 0.6 is 22.9 Å². The minimum absolute atomic E-state index is 0.168. The number of anilines is 3. The van der Waals surface area contributed by atoms with Gasteiger partial charge in [-0.3, -0.25) is 4.79 Å². The van der Waals surface area contributed by atoms with Crippen molar-refractivity contribution >= 4 is 45.4 Å². The molecule has 2 aromatic rings. The minimum Gasteiger partial charge on any atom is -0.382 e. The monoisotopic (exact) mass is 335 g/mol. The van der Waals surface area contributed by atoms with Gasteiger partial charge >= 0.3 is 0 Å². The average molecular weight is 336 g/mol. The van der Waals surface area contributed by atoms with E-state index in [0.29, 0.717) is 27.0 Å². The quantitative estimate of drug-likeness (QED) is 0.603. The van der Waals surface area contributed by atoms with Crippen LogP contribution in [0.5, 0.6) is 0 Å². The number of ketones is 1. The average Bonchev–Trinajstić information content (AvgIpc) is 2.87. The number of nitrogen functional groups attached to an aromatic ring is 1. The summed E-state index contributed by atoms with van der Waals surface area (Å²) in [5.74, 6) is 0.0586. The summed E-state index contributed by atoms with van der Waals surface area (Å²) in [6, 6.07) is 7.90. The highest BCUT2D eigenvalue weighted by atomic mass is 35.5. The first kappa shape index (κ1) is 16.5. The molecule has 116 valence electrons. The van der Waals surface area contributed by atoms with Crippen LogP contribution in [-0.4, -0.2) is 10.8 Å². The van der Waals surface area contributed by atoms with Gasteiger partial charge in [0, 0.05) is 16.3 Å². The Balaban J connectivity index is 2.25. The summed E-state index contributed by atoms with van der Waals surface area (Å²) in [7, 11) is 0. The molecular weight excluding hydrogens is 318 g/mol. The Morgan fingerprint density at radius 2 is 2.00 bits per heavy atom. The number of rotatable bonds is 5. The van der Waals surface area contributed by atoms with Crippen LogP contribution in [0.4, 0.5) is 16.6 Å². The van der Waals surface area contributed by atoms with Crippen molar-refractivity contribution in [3.05, 3.63) is 45.3 Å². The molecule has 0 radical (unpaired) electrons. The number of carbonyl (C=O) groups is 1. The Morgan fingerprint density at radius 3 is 2.59 bits per heavy atom. The lowest BCUT2D eigenvalue weighted by atomic mass is 10.1. The number of nitrogens with zero attached hydrogens (tertiary/aromatic N) is 1. The SMILES string of the molecule is CC/C(Cl)=C(\C)C(=O)c1sc(Nc2ccc(C)cc2)nc1N. The molecule has 0 amide bonds. The van der Waals surface area contributed by atoms with E-state index in [9.17, 15) is 4.79 Å². The number of halogens is 1. The summed E-state index contributed by atoms with van der Waals surface area (Å²) >= 11 is 7.28. The fourth-order valence-corrected chi connectivity index (χ4v) is 2.86. The van der Waals surface area contributed by atoms with Crippen molar-refractivity contribution in [2.45, 2.75) is 27.2 Å². The number of allylic oxidation sites excluding steroid dienone is 2. The maximum absolute atomic E-state index is 12.4. The molecule has 0 saturated heterocycles. The van der Waals surface area contributed by atoms with Crippen LogP contribution in [0.1, 0.15) is 35.5 Å². The van der Waals surface area contributed by atoms with Crippen molar-refractivity contribution in [3.8, 4) is 0 Å². The topological polar surface area (TPSA) is 68.0 Å². The van der Waals surface area contributed by atoms with Gasteiger partial charge < -0.3 is 11.1 Å². The van der Waals surface area contributed by atoms with Crippen LogP contribution in [0.3, 0.4) is 0 Å². The van der Waals surface area contributed by atoms with E-state index in [-0.39, 0.29) is 11.6 Å². The van der Waals surface area contributed by atoms with Crippen LogP contribution in [-0.2, 0) is 0 Å². The number of benzene rings is 1. The Hall–Kier alpha value is -1.85. The van der Waals surface area contributed by atoms with E-state index in [1.165, 1.54) is 16.9 Å². The molecule has 0 saturated carbocycles. The van der Waals surface area contributed by atoms with E-state index in [0.717, 1.165) is 5.69 Å². The molecule has 1 heterocycles. The number of hydrogen-bond acceptors (Lipinski definition) is 5.